The predicted molar refractivity (Wildman–Crippen MR) is 78.5 cm³/mol. The van der Waals surface area contributed by atoms with E-state index >= 15 is 0 Å². The van der Waals surface area contributed by atoms with Gasteiger partial charge in [-0.3, -0.25) is 4.79 Å². The van der Waals surface area contributed by atoms with E-state index in [1.807, 2.05) is 6.92 Å². The van der Waals surface area contributed by atoms with Gasteiger partial charge in [-0.15, -0.1) is 0 Å². The lowest BCUT2D eigenvalue weighted by Gasteiger charge is -2.34. The highest BCUT2D eigenvalue weighted by atomic mass is 19.4. The smallest absolute Gasteiger partial charge is 0.337 e. The van der Waals surface area contributed by atoms with Crippen LogP contribution in [0.15, 0.2) is 24.3 Å². The van der Waals surface area contributed by atoms with Gasteiger partial charge in [-0.1, -0.05) is 25.1 Å². The van der Waals surface area contributed by atoms with Gasteiger partial charge >= 0.3 is 6.18 Å². The summed E-state index contributed by atoms with van der Waals surface area (Å²) >= 11 is 0. The molecule has 0 radical (unpaired) electrons. The molecule has 1 fully saturated rings. The summed E-state index contributed by atoms with van der Waals surface area (Å²) < 4.78 is 38.3. The quantitative estimate of drug-likeness (QED) is 0.930. The van der Waals surface area contributed by atoms with Crippen molar-refractivity contribution in [3.05, 3.63) is 35.4 Å². The highest BCUT2D eigenvalue weighted by Crippen LogP contribution is 2.31. The second kappa shape index (κ2) is 6.69. The van der Waals surface area contributed by atoms with Crippen molar-refractivity contribution in [2.75, 3.05) is 19.6 Å². The number of benzene rings is 1. The van der Waals surface area contributed by atoms with Gasteiger partial charge in [0, 0.05) is 32.1 Å². The van der Waals surface area contributed by atoms with Crippen LogP contribution in [-0.2, 0) is 11.0 Å². The molecule has 1 saturated heterocycles. The lowest BCUT2D eigenvalue weighted by molar-refractivity contribution is -0.137. The van der Waals surface area contributed by atoms with E-state index in [2.05, 4.69) is 5.32 Å². The molecule has 0 spiro atoms. The van der Waals surface area contributed by atoms with Gasteiger partial charge in [-0.05, 0) is 24.5 Å². The maximum Gasteiger partial charge on any atom is 0.416 e. The van der Waals surface area contributed by atoms with Crippen molar-refractivity contribution in [2.45, 2.75) is 38.4 Å². The molecule has 2 unspecified atom stereocenters. The summed E-state index contributed by atoms with van der Waals surface area (Å²) in [6, 6.07) is 5.35. The molecular weight excluding hydrogens is 293 g/mol. The minimum Gasteiger partial charge on any atom is -0.337 e. The molecule has 1 aliphatic rings. The fourth-order valence-corrected chi connectivity index (χ4v) is 2.73. The Hall–Kier alpha value is -1.56. The van der Waals surface area contributed by atoms with Crippen LogP contribution in [0.5, 0.6) is 0 Å². The molecule has 2 rings (SSSR count). The number of nitrogens with one attached hydrogen (secondary N) is 1. The van der Waals surface area contributed by atoms with Crippen LogP contribution in [0.25, 0.3) is 0 Å². The van der Waals surface area contributed by atoms with E-state index in [0.29, 0.717) is 12.1 Å². The fraction of sp³-hybridized carbons (Fsp3) is 0.562. The summed E-state index contributed by atoms with van der Waals surface area (Å²) in [7, 11) is 0. The van der Waals surface area contributed by atoms with Crippen molar-refractivity contribution in [3.63, 3.8) is 0 Å². The molecule has 0 bridgehead atoms. The van der Waals surface area contributed by atoms with E-state index in [1.54, 1.807) is 17.9 Å². The largest absolute Gasteiger partial charge is 0.416 e. The molecule has 1 aromatic carbocycles. The second-order valence-corrected chi connectivity index (χ2v) is 5.87. The van der Waals surface area contributed by atoms with Gasteiger partial charge in [0.1, 0.15) is 0 Å². The monoisotopic (exact) mass is 314 g/mol. The first-order valence-electron chi connectivity index (χ1n) is 7.46. The van der Waals surface area contributed by atoms with Crippen LogP contribution in [0.3, 0.4) is 0 Å². The molecule has 122 valence electrons. The van der Waals surface area contributed by atoms with Gasteiger partial charge in [0.15, 0.2) is 0 Å². The van der Waals surface area contributed by atoms with E-state index in [-0.39, 0.29) is 24.3 Å². The standard InChI is InChI=1S/C16H21F3N2O/c1-11(8-15(22)21-7-6-20-10-12(21)2)13-4-3-5-14(9-13)16(17,18)19/h3-5,9,11-12,20H,6-8,10H2,1-2H3. The number of carbonyl (C=O) groups is 1. The van der Waals surface area contributed by atoms with Crippen LogP contribution in [0.4, 0.5) is 13.2 Å². The highest BCUT2D eigenvalue weighted by molar-refractivity contribution is 5.77. The molecule has 1 amide bonds. The number of rotatable bonds is 3. The normalized spacial score (nSPS) is 20.8. The van der Waals surface area contributed by atoms with Crippen molar-refractivity contribution >= 4 is 5.91 Å². The minimum atomic E-state index is -4.35. The fourth-order valence-electron chi connectivity index (χ4n) is 2.73. The second-order valence-electron chi connectivity index (χ2n) is 5.87. The zero-order valence-corrected chi connectivity index (χ0v) is 12.8. The first-order valence-corrected chi connectivity index (χ1v) is 7.46. The predicted octanol–water partition coefficient (Wildman–Crippen LogP) is 3.02. The first kappa shape index (κ1) is 16.8. The van der Waals surface area contributed by atoms with E-state index in [9.17, 15) is 18.0 Å². The van der Waals surface area contributed by atoms with Gasteiger partial charge in [0.05, 0.1) is 5.56 Å². The third-order valence-electron chi connectivity index (χ3n) is 4.09. The Bertz CT molecular complexity index is 530. The third-order valence-corrected chi connectivity index (χ3v) is 4.09. The van der Waals surface area contributed by atoms with Crippen LogP contribution in [0.1, 0.15) is 37.3 Å². The number of hydrogen-bond donors (Lipinski definition) is 1. The first-order chi connectivity index (χ1) is 10.3. The van der Waals surface area contributed by atoms with Gasteiger partial charge in [-0.2, -0.15) is 13.2 Å². The molecule has 22 heavy (non-hydrogen) atoms. The van der Waals surface area contributed by atoms with Gasteiger partial charge in [0.25, 0.3) is 0 Å². The Kier molecular flexibility index (Phi) is 5.11. The average Bonchev–Trinajstić information content (AvgIpc) is 2.46. The summed E-state index contributed by atoms with van der Waals surface area (Å²) in [6.07, 6.45) is -4.13. The molecule has 0 aliphatic carbocycles. The maximum atomic E-state index is 12.8. The molecule has 1 aliphatic heterocycles. The Labute approximate surface area is 128 Å². The Balaban J connectivity index is 2.05. The van der Waals surface area contributed by atoms with E-state index < -0.39 is 11.7 Å². The SMILES string of the molecule is CC(CC(=O)N1CCNCC1C)c1cccc(C(F)(F)F)c1. The summed E-state index contributed by atoms with van der Waals surface area (Å²) in [5.41, 5.74) is -0.120. The van der Waals surface area contributed by atoms with Crippen LogP contribution in [-0.4, -0.2) is 36.5 Å². The van der Waals surface area contributed by atoms with Crippen molar-refractivity contribution in [2.24, 2.45) is 0 Å². The average molecular weight is 314 g/mol. The topological polar surface area (TPSA) is 32.3 Å². The van der Waals surface area contributed by atoms with Gasteiger partial charge in [0.2, 0.25) is 5.91 Å². The van der Waals surface area contributed by atoms with Crippen molar-refractivity contribution in [3.8, 4) is 0 Å². The lowest BCUT2D eigenvalue weighted by atomic mass is 9.95. The summed E-state index contributed by atoms with van der Waals surface area (Å²) in [4.78, 5) is 14.2. The van der Waals surface area contributed by atoms with Crippen molar-refractivity contribution in [1.82, 2.24) is 10.2 Å². The van der Waals surface area contributed by atoms with Gasteiger partial charge < -0.3 is 10.2 Å². The molecular formula is C16H21F3N2O. The van der Waals surface area contributed by atoms with E-state index in [0.717, 1.165) is 25.2 Å². The Morgan fingerprint density at radius 1 is 1.45 bits per heavy atom. The highest BCUT2D eigenvalue weighted by Gasteiger charge is 2.31. The van der Waals surface area contributed by atoms with Crippen LogP contribution in [0, 0.1) is 0 Å². The Morgan fingerprint density at radius 2 is 2.18 bits per heavy atom. The number of alkyl halides is 3. The van der Waals surface area contributed by atoms with Crippen LogP contribution >= 0.6 is 0 Å². The number of hydrogen-bond acceptors (Lipinski definition) is 2. The number of halogens is 3. The molecule has 6 heteroatoms. The molecule has 1 N–H and O–H groups in total. The maximum absolute atomic E-state index is 12.8. The molecule has 0 aromatic heterocycles. The minimum absolute atomic E-state index is 0.00101. The number of piperazine rings is 1. The summed E-state index contributed by atoms with van der Waals surface area (Å²) in [5, 5.41) is 3.21. The molecule has 0 saturated carbocycles. The van der Waals surface area contributed by atoms with Crippen molar-refractivity contribution < 1.29 is 18.0 Å². The third kappa shape index (κ3) is 4.00. The van der Waals surface area contributed by atoms with Gasteiger partial charge in [-0.25, -0.2) is 0 Å². The zero-order chi connectivity index (χ0) is 16.3. The van der Waals surface area contributed by atoms with E-state index in [4.69, 9.17) is 0 Å². The van der Waals surface area contributed by atoms with Crippen LogP contribution in [0.2, 0.25) is 0 Å². The molecule has 1 heterocycles. The molecule has 2 atom stereocenters. The number of nitrogens with zero attached hydrogens (tertiary/aromatic N) is 1. The Morgan fingerprint density at radius 3 is 2.82 bits per heavy atom. The molecule has 1 aromatic rings. The van der Waals surface area contributed by atoms with E-state index in [1.165, 1.54) is 6.07 Å². The summed E-state index contributed by atoms with van der Waals surface area (Å²) in [6.45, 7) is 5.92. The lowest BCUT2D eigenvalue weighted by Crippen LogP contribution is -2.52. The summed E-state index contributed by atoms with van der Waals surface area (Å²) in [5.74, 6) is -0.240. The van der Waals surface area contributed by atoms with Crippen molar-refractivity contribution in [1.29, 1.82) is 0 Å². The van der Waals surface area contributed by atoms with Crippen LogP contribution < -0.4 is 5.32 Å². The number of amides is 1. The molecule has 3 nitrogen and oxygen atoms in total. The zero-order valence-electron chi connectivity index (χ0n) is 12.8. The number of carbonyl (C=O) groups excluding carboxylic acids is 1.